The highest BCUT2D eigenvalue weighted by Crippen LogP contribution is 2.07. The maximum Gasteiger partial charge on any atom is 0.362 e. The summed E-state index contributed by atoms with van der Waals surface area (Å²) in [6.45, 7) is 1.77. The standard InChI is InChI=1S/C11H11FN2O3/c1-2-17-11(16)10(7-15)14-13-9-5-3-8(12)4-6-9/h3-7,13H,2H2,1H3/b14-10-. The molecular weight excluding hydrogens is 227 g/mol. The summed E-state index contributed by atoms with van der Waals surface area (Å²) in [5, 5.41) is 3.56. The SMILES string of the molecule is CCOC(=O)/C(C=O)=N\Nc1ccc(F)cc1. The topological polar surface area (TPSA) is 67.8 Å². The van der Waals surface area contributed by atoms with Gasteiger partial charge in [-0.25, -0.2) is 9.18 Å². The largest absolute Gasteiger partial charge is 0.461 e. The number of carbonyl (C=O) groups is 2. The van der Waals surface area contributed by atoms with Crippen LogP contribution in [0.4, 0.5) is 10.1 Å². The first kappa shape index (κ1) is 12.8. The number of hydrogen-bond acceptors (Lipinski definition) is 5. The second kappa shape index (κ2) is 6.37. The zero-order valence-corrected chi connectivity index (χ0v) is 9.14. The van der Waals surface area contributed by atoms with Gasteiger partial charge in [-0.05, 0) is 31.2 Å². The number of benzene rings is 1. The van der Waals surface area contributed by atoms with Crippen LogP contribution < -0.4 is 5.43 Å². The number of ether oxygens (including phenoxy) is 1. The Hall–Kier alpha value is -2.24. The molecule has 90 valence electrons. The Kier molecular flexibility index (Phi) is 4.80. The lowest BCUT2D eigenvalue weighted by molar-refractivity contribution is -0.135. The van der Waals surface area contributed by atoms with Crippen LogP contribution in [0, 0.1) is 5.82 Å². The maximum absolute atomic E-state index is 12.6. The van der Waals surface area contributed by atoms with Crippen molar-refractivity contribution in [3.8, 4) is 0 Å². The lowest BCUT2D eigenvalue weighted by Crippen LogP contribution is -2.20. The van der Waals surface area contributed by atoms with Gasteiger partial charge in [-0.2, -0.15) is 5.10 Å². The van der Waals surface area contributed by atoms with Crippen molar-refractivity contribution in [1.82, 2.24) is 0 Å². The van der Waals surface area contributed by atoms with Gasteiger partial charge in [0.15, 0.2) is 6.29 Å². The van der Waals surface area contributed by atoms with Crippen molar-refractivity contribution >= 4 is 23.7 Å². The molecule has 0 bridgehead atoms. The van der Waals surface area contributed by atoms with E-state index in [4.69, 9.17) is 0 Å². The number of anilines is 1. The van der Waals surface area contributed by atoms with Crippen molar-refractivity contribution in [1.29, 1.82) is 0 Å². The molecule has 1 aromatic carbocycles. The molecule has 6 heteroatoms. The second-order valence-electron chi connectivity index (χ2n) is 2.95. The number of hydrazone groups is 1. The number of nitrogens with one attached hydrogen (secondary N) is 1. The third-order valence-corrected chi connectivity index (χ3v) is 1.75. The van der Waals surface area contributed by atoms with Gasteiger partial charge in [-0.15, -0.1) is 0 Å². The van der Waals surface area contributed by atoms with Gasteiger partial charge in [-0.1, -0.05) is 0 Å². The first-order valence-corrected chi connectivity index (χ1v) is 4.89. The number of aldehydes is 1. The van der Waals surface area contributed by atoms with Crippen LogP contribution in [0.2, 0.25) is 0 Å². The molecule has 1 rings (SSSR count). The van der Waals surface area contributed by atoms with Gasteiger partial charge in [0.1, 0.15) is 5.82 Å². The fourth-order valence-corrected chi connectivity index (χ4v) is 0.974. The van der Waals surface area contributed by atoms with Crippen LogP contribution in [0.25, 0.3) is 0 Å². The number of rotatable bonds is 5. The highest BCUT2D eigenvalue weighted by Gasteiger charge is 2.11. The molecule has 0 atom stereocenters. The molecule has 1 N–H and O–H groups in total. The quantitative estimate of drug-likeness (QED) is 0.276. The third-order valence-electron chi connectivity index (χ3n) is 1.75. The van der Waals surface area contributed by atoms with Crippen molar-refractivity contribution in [2.24, 2.45) is 5.10 Å². The summed E-state index contributed by atoms with van der Waals surface area (Å²) >= 11 is 0. The summed E-state index contributed by atoms with van der Waals surface area (Å²) in [6.07, 6.45) is 0.286. The van der Waals surface area contributed by atoms with Gasteiger partial charge >= 0.3 is 5.97 Å². The summed E-state index contributed by atoms with van der Waals surface area (Å²) < 4.78 is 17.2. The van der Waals surface area contributed by atoms with Crippen LogP contribution in [-0.2, 0) is 14.3 Å². The number of carbonyl (C=O) groups excluding carboxylic acids is 2. The Bertz CT molecular complexity index is 429. The van der Waals surface area contributed by atoms with Crippen molar-refractivity contribution in [2.45, 2.75) is 6.92 Å². The molecule has 0 amide bonds. The molecule has 0 spiro atoms. The average Bonchev–Trinajstić information content (AvgIpc) is 2.32. The summed E-state index contributed by atoms with van der Waals surface area (Å²) in [7, 11) is 0. The van der Waals surface area contributed by atoms with Crippen molar-refractivity contribution < 1.29 is 18.7 Å². The molecule has 0 aliphatic rings. The molecule has 0 unspecified atom stereocenters. The zero-order valence-electron chi connectivity index (χ0n) is 9.14. The van der Waals surface area contributed by atoms with E-state index in [1.807, 2.05) is 0 Å². The summed E-state index contributed by atoms with van der Waals surface area (Å²) in [5.74, 6) is -1.20. The minimum Gasteiger partial charge on any atom is -0.461 e. The minimum absolute atomic E-state index is 0.155. The molecule has 1 aromatic rings. The van der Waals surface area contributed by atoms with E-state index in [1.165, 1.54) is 24.3 Å². The first-order chi connectivity index (χ1) is 8.17. The molecule has 0 fully saturated rings. The van der Waals surface area contributed by atoms with E-state index in [0.29, 0.717) is 5.69 Å². The van der Waals surface area contributed by atoms with Gasteiger partial charge in [-0.3, -0.25) is 10.2 Å². The lowest BCUT2D eigenvalue weighted by atomic mass is 10.3. The molecule has 0 aromatic heterocycles. The monoisotopic (exact) mass is 238 g/mol. The van der Waals surface area contributed by atoms with Crippen LogP contribution in [-0.4, -0.2) is 24.6 Å². The van der Waals surface area contributed by atoms with E-state index < -0.39 is 5.97 Å². The van der Waals surface area contributed by atoms with Crippen LogP contribution in [0.15, 0.2) is 29.4 Å². The third kappa shape index (κ3) is 4.02. The number of nitrogens with zero attached hydrogens (tertiary/aromatic N) is 1. The smallest absolute Gasteiger partial charge is 0.362 e. The van der Waals surface area contributed by atoms with Crippen LogP contribution >= 0.6 is 0 Å². The van der Waals surface area contributed by atoms with E-state index in [2.05, 4.69) is 15.3 Å². The molecule has 0 aliphatic carbocycles. The number of halogens is 1. The lowest BCUT2D eigenvalue weighted by Gasteiger charge is -2.02. The van der Waals surface area contributed by atoms with Crippen molar-refractivity contribution in [2.75, 3.05) is 12.0 Å². The zero-order chi connectivity index (χ0) is 12.7. The van der Waals surface area contributed by atoms with Gasteiger partial charge in [0.25, 0.3) is 0 Å². The highest BCUT2D eigenvalue weighted by molar-refractivity contribution is 6.58. The Morgan fingerprint density at radius 1 is 1.47 bits per heavy atom. The normalized spacial score (nSPS) is 10.8. The van der Waals surface area contributed by atoms with Crippen LogP contribution in [0.3, 0.4) is 0 Å². The fourth-order valence-electron chi connectivity index (χ4n) is 0.974. The molecule has 0 saturated heterocycles. The summed E-state index contributed by atoms with van der Waals surface area (Å²) in [4.78, 5) is 21.7. The second-order valence-corrected chi connectivity index (χ2v) is 2.95. The van der Waals surface area contributed by atoms with E-state index in [9.17, 15) is 14.0 Å². The Morgan fingerprint density at radius 2 is 2.12 bits per heavy atom. The van der Waals surface area contributed by atoms with Crippen molar-refractivity contribution in [3.63, 3.8) is 0 Å². The van der Waals surface area contributed by atoms with Crippen LogP contribution in [0.5, 0.6) is 0 Å². The minimum atomic E-state index is -0.808. The Labute approximate surface area is 97.3 Å². The predicted octanol–water partition coefficient (Wildman–Crippen LogP) is 1.36. The molecule has 0 heterocycles. The number of hydrogen-bond donors (Lipinski definition) is 1. The molecule has 17 heavy (non-hydrogen) atoms. The molecule has 0 aliphatic heterocycles. The van der Waals surface area contributed by atoms with Gasteiger partial charge in [0.2, 0.25) is 5.71 Å². The Balaban J connectivity index is 2.70. The van der Waals surface area contributed by atoms with Gasteiger partial charge in [0.05, 0.1) is 12.3 Å². The summed E-state index contributed by atoms with van der Waals surface area (Å²) in [5.41, 5.74) is 2.53. The van der Waals surface area contributed by atoms with E-state index >= 15 is 0 Å². The van der Waals surface area contributed by atoms with Gasteiger partial charge < -0.3 is 4.74 Å². The van der Waals surface area contributed by atoms with Crippen LogP contribution in [0.1, 0.15) is 6.92 Å². The maximum atomic E-state index is 12.6. The molecular formula is C11H11FN2O3. The predicted molar refractivity (Wildman–Crippen MR) is 60.2 cm³/mol. The van der Waals surface area contributed by atoms with Gasteiger partial charge in [0, 0.05) is 0 Å². The van der Waals surface area contributed by atoms with E-state index in [1.54, 1.807) is 6.92 Å². The van der Waals surface area contributed by atoms with E-state index in [-0.39, 0.29) is 24.4 Å². The highest BCUT2D eigenvalue weighted by atomic mass is 19.1. The molecule has 0 radical (unpaired) electrons. The molecule has 5 nitrogen and oxygen atoms in total. The molecule has 0 saturated carbocycles. The Morgan fingerprint density at radius 3 is 2.65 bits per heavy atom. The first-order valence-electron chi connectivity index (χ1n) is 4.89. The van der Waals surface area contributed by atoms with Crippen molar-refractivity contribution in [3.05, 3.63) is 30.1 Å². The average molecular weight is 238 g/mol. The fraction of sp³-hybridized carbons (Fsp3) is 0.182. The van der Waals surface area contributed by atoms with E-state index in [0.717, 1.165) is 0 Å². The number of esters is 1. The summed E-state index contributed by atoms with van der Waals surface area (Å²) in [6, 6.07) is 5.30.